The van der Waals surface area contributed by atoms with Gasteiger partial charge in [-0.1, -0.05) is 12.7 Å². The van der Waals surface area contributed by atoms with E-state index in [2.05, 4.69) is 16.9 Å². The van der Waals surface area contributed by atoms with E-state index in [4.69, 9.17) is 4.74 Å². The van der Waals surface area contributed by atoms with Crippen LogP contribution in [-0.2, 0) is 6.54 Å². The molecule has 1 atom stereocenters. The van der Waals surface area contributed by atoms with Crippen molar-refractivity contribution in [3.63, 3.8) is 0 Å². The second kappa shape index (κ2) is 5.12. The van der Waals surface area contributed by atoms with Gasteiger partial charge in [-0.25, -0.2) is 0 Å². The molecule has 0 bridgehead atoms. The minimum Gasteiger partial charge on any atom is -0.485 e. The summed E-state index contributed by atoms with van der Waals surface area (Å²) in [5.41, 5.74) is 1.06. The molecule has 1 heterocycles. The summed E-state index contributed by atoms with van der Waals surface area (Å²) in [6, 6.07) is 4.68. The average Bonchev–Trinajstić information content (AvgIpc) is 3.12. The summed E-state index contributed by atoms with van der Waals surface area (Å²) in [5.74, 6) is 0.794. The Kier molecular flexibility index (Phi) is 3.57. The lowest BCUT2D eigenvalue weighted by Gasteiger charge is -2.10. The van der Waals surface area contributed by atoms with Gasteiger partial charge in [0.05, 0.1) is 11.9 Å². The summed E-state index contributed by atoms with van der Waals surface area (Å²) < 4.78 is 5.56. The Morgan fingerprint density at radius 3 is 3.00 bits per heavy atom. The number of hydrogen-bond acceptors (Lipinski definition) is 3. The standard InChI is InChI=1S/C13H18N2O/c1-3-10(2)16-13-7-6-12(15-9-13)8-14-11-4-5-11/h3,6-7,9-11,14H,1,4-5,8H2,2H3. The van der Waals surface area contributed by atoms with Crippen molar-refractivity contribution in [2.75, 3.05) is 0 Å². The van der Waals surface area contributed by atoms with Crippen LogP contribution >= 0.6 is 0 Å². The van der Waals surface area contributed by atoms with Gasteiger partial charge in [0, 0.05) is 12.6 Å². The van der Waals surface area contributed by atoms with Crippen LogP contribution in [0.4, 0.5) is 0 Å². The van der Waals surface area contributed by atoms with E-state index in [1.165, 1.54) is 12.8 Å². The van der Waals surface area contributed by atoms with E-state index in [0.717, 1.165) is 24.0 Å². The molecule has 3 nitrogen and oxygen atoms in total. The molecule has 0 saturated heterocycles. The maximum Gasteiger partial charge on any atom is 0.138 e. The Balaban J connectivity index is 1.85. The van der Waals surface area contributed by atoms with E-state index in [1.54, 1.807) is 12.3 Å². The van der Waals surface area contributed by atoms with E-state index in [-0.39, 0.29) is 6.10 Å². The largest absolute Gasteiger partial charge is 0.485 e. The van der Waals surface area contributed by atoms with Crippen molar-refractivity contribution in [1.29, 1.82) is 0 Å². The second-order valence-electron chi connectivity index (χ2n) is 4.20. The van der Waals surface area contributed by atoms with Crippen LogP contribution in [0, 0.1) is 0 Å². The molecule has 1 unspecified atom stereocenters. The van der Waals surface area contributed by atoms with Crippen molar-refractivity contribution in [1.82, 2.24) is 10.3 Å². The number of aromatic nitrogens is 1. The first-order valence-electron chi connectivity index (χ1n) is 5.75. The van der Waals surface area contributed by atoms with Crippen LogP contribution in [0.3, 0.4) is 0 Å². The Morgan fingerprint density at radius 1 is 1.62 bits per heavy atom. The van der Waals surface area contributed by atoms with E-state index in [1.807, 2.05) is 19.1 Å². The Hall–Kier alpha value is -1.35. The maximum absolute atomic E-state index is 5.56. The number of rotatable bonds is 6. The lowest BCUT2D eigenvalue weighted by atomic mass is 10.3. The molecule has 1 saturated carbocycles. The molecule has 0 radical (unpaired) electrons. The first-order valence-corrected chi connectivity index (χ1v) is 5.75. The van der Waals surface area contributed by atoms with Crippen molar-refractivity contribution >= 4 is 0 Å². The molecule has 0 aromatic carbocycles. The van der Waals surface area contributed by atoms with E-state index >= 15 is 0 Å². The topological polar surface area (TPSA) is 34.1 Å². The van der Waals surface area contributed by atoms with Gasteiger partial charge in [0.2, 0.25) is 0 Å². The monoisotopic (exact) mass is 218 g/mol. The molecule has 16 heavy (non-hydrogen) atoms. The minimum atomic E-state index is 0.0252. The Morgan fingerprint density at radius 2 is 2.44 bits per heavy atom. The van der Waals surface area contributed by atoms with Gasteiger partial charge in [0.25, 0.3) is 0 Å². The first kappa shape index (κ1) is 11.1. The highest BCUT2D eigenvalue weighted by molar-refractivity contribution is 5.20. The van der Waals surface area contributed by atoms with E-state index < -0.39 is 0 Å². The van der Waals surface area contributed by atoms with Crippen LogP contribution < -0.4 is 10.1 Å². The van der Waals surface area contributed by atoms with Crippen molar-refractivity contribution in [3.05, 3.63) is 36.7 Å². The highest BCUT2D eigenvalue weighted by Crippen LogP contribution is 2.19. The van der Waals surface area contributed by atoms with E-state index in [0.29, 0.717) is 0 Å². The molecule has 1 aromatic rings. The van der Waals surface area contributed by atoms with Gasteiger partial charge >= 0.3 is 0 Å². The van der Waals surface area contributed by atoms with Crippen LogP contribution in [0.25, 0.3) is 0 Å². The summed E-state index contributed by atoms with van der Waals surface area (Å²) in [6.07, 6.45) is 6.17. The molecule has 2 rings (SSSR count). The third kappa shape index (κ3) is 3.35. The SMILES string of the molecule is C=CC(C)Oc1ccc(CNC2CC2)nc1. The molecule has 86 valence electrons. The number of ether oxygens (including phenoxy) is 1. The van der Waals surface area contributed by atoms with Gasteiger partial charge in [-0.3, -0.25) is 4.98 Å². The molecule has 0 spiro atoms. The zero-order valence-corrected chi connectivity index (χ0v) is 9.65. The summed E-state index contributed by atoms with van der Waals surface area (Å²) >= 11 is 0. The molecule has 1 aliphatic carbocycles. The van der Waals surface area contributed by atoms with Crippen molar-refractivity contribution in [2.24, 2.45) is 0 Å². The fourth-order valence-electron chi connectivity index (χ4n) is 1.38. The third-order valence-corrected chi connectivity index (χ3v) is 2.60. The van der Waals surface area contributed by atoms with Gasteiger partial charge < -0.3 is 10.1 Å². The predicted octanol–water partition coefficient (Wildman–Crippen LogP) is 2.29. The van der Waals surface area contributed by atoms with Gasteiger partial charge in [0.1, 0.15) is 11.9 Å². The average molecular weight is 218 g/mol. The summed E-state index contributed by atoms with van der Waals surface area (Å²) in [6.45, 7) is 6.48. The Labute approximate surface area is 96.5 Å². The van der Waals surface area contributed by atoms with Crippen molar-refractivity contribution < 1.29 is 4.74 Å². The molecule has 1 aliphatic rings. The summed E-state index contributed by atoms with van der Waals surface area (Å²) in [5, 5.41) is 3.42. The van der Waals surface area contributed by atoms with Crippen LogP contribution in [0.1, 0.15) is 25.5 Å². The molecule has 3 heteroatoms. The Bertz CT molecular complexity index is 343. The van der Waals surface area contributed by atoms with Crippen LogP contribution in [-0.4, -0.2) is 17.1 Å². The normalized spacial score (nSPS) is 16.8. The van der Waals surface area contributed by atoms with Gasteiger partial charge in [-0.2, -0.15) is 0 Å². The number of nitrogens with one attached hydrogen (secondary N) is 1. The lowest BCUT2D eigenvalue weighted by molar-refractivity contribution is 0.269. The highest BCUT2D eigenvalue weighted by atomic mass is 16.5. The van der Waals surface area contributed by atoms with Crippen LogP contribution in [0.15, 0.2) is 31.0 Å². The first-order chi connectivity index (χ1) is 7.78. The molecule has 1 N–H and O–H groups in total. The number of nitrogens with zero attached hydrogens (tertiary/aromatic N) is 1. The fourth-order valence-corrected chi connectivity index (χ4v) is 1.38. The molecule has 1 fully saturated rings. The predicted molar refractivity (Wildman–Crippen MR) is 64.4 cm³/mol. The van der Waals surface area contributed by atoms with E-state index in [9.17, 15) is 0 Å². The fraction of sp³-hybridized carbons (Fsp3) is 0.462. The lowest BCUT2D eigenvalue weighted by Crippen LogP contribution is -2.16. The van der Waals surface area contributed by atoms with Gasteiger partial charge in [-0.15, -0.1) is 0 Å². The minimum absolute atomic E-state index is 0.0252. The molecular weight excluding hydrogens is 200 g/mol. The van der Waals surface area contributed by atoms with Gasteiger partial charge in [0.15, 0.2) is 0 Å². The van der Waals surface area contributed by atoms with Crippen LogP contribution in [0.5, 0.6) is 5.75 Å². The molecule has 1 aromatic heterocycles. The third-order valence-electron chi connectivity index (χ3n) is 2.60. The van der Waals surface area contributed by atoms with Crippen molar-refractivity contribution in [2.45, 2.75) is 38.5 Å². The van der Waals surface area contributed by atoms with Crippen LogP contribution in [0.2, 0.25) is 0 Å². The zero-order chi connectivity index (χ0) is 11.4. The van der Waals surface area contributed by atoms with Gasteiger partial charge in [-0.05, 0) is 31.9 Å². The second-order valence-corrected chi connectivity index (χ2v) is 4.20. The maximum atomic E-state index is 5.56. The van der Waals surface area contributed by atoms with Crippen molar-refractivity contribution in [3.8, 4) is 5.75 Å². The smallest absolute Gasteiger partial charge is 0.138 e. The highest BCUT2D eigenvalue weighted by Gasteiger charge is 2.19. The summed E-state index contributed by atoms with van der Waals surface area (Å²) in [4.78, 5) is 4.34. The number of hydrogen-bond donors (Lipinski definition) is 1. The molecule has 0 amide bonds. The zero-order valence-electron chi connectivity index (χ0n) is 9.65. The molecule has 0 aliphatic heterocycles. The summed E-state index contributed by atoms with van der Waals surface area (Å²) in [7, 11) is 0. The quantitative estimate of drug-likeness (QED) is 0.744. The molecular formula is C13H18N2O. The number of pyridine rings is 1.